The van der Waals surface area contributed by atoms with Crippen LogP contribution in [0.1, 0.15) is 26.2 Å². The molecule has 0 saturated heterocycles. The number of hydrogen-bond donors (Lipinski definition) is 1. The van der Waals surface area contributed by atoms with Crippen molar-refractivity contribution in [1.29, 1.82) is 0 Å². The predicted molar refractivity (Wildman–Crippen MR) is 109 cm³/mol. The van der Waals surface area contributed by atoms with E-state index >= 15 is 0 Å². The lowest BCUT2D eigenvalue weighted by molar-refractivity contribution is -0.382. The number of ether oxygens (including phenoxy) is 1. The van der Waals surface area contributed by atoms with Crippen LogP contribution >= 0.6 is 0 Å². The van der Waals surface area contributed by atoms with Crippen LogP contribution in [0.4, 0.5) is 39.5 Å². The smallest absolute Gasteiger partial charge is 0.389 e. The fourth-order valence-electron chi connectivity index (χ4n) is 2.78. The van der Waals surface area contributed by atoms with Gasteiger partial charge in [-0.05, 0) is 12.8 Å². The van der Waals surface area contributed by atoms with E-state index in [0.717, 1.165) is 0 Å². The van der Waals surface area contributed by atoms with Crippen molar-refractivity contribution in [2.24, 2.45) is 0 Å². The lowest BCUT2D eigenvalue weighted by Crippen LogP contribution is -2.65. The Bertz CT molecular complexity index is 760. The van der Waals surface area contributed by atoms with Crippen molar-refractivity contribution < 1.29 is 71.1 Å². The summed E-state index contributed by atoms with van der Waals surface area (Å²) in [6.45, 7) is -1.68. The molecule has 19 heteroatoms. The van der Waals surface area contributed by atoms with E-state index in [1.807, 2.05) is 0 Å². The second kappa shape index (κ2) is 13.4. The highest BCUT2D eigenvalue weighted by Gasteiger charge is 2.85. The molecule has 1 N–H and O–H groups in total. The molecule has 8 nitrogen and oxygen atoms in total. The van der Waals surface area contributed by atoms with Crippen molar-refractivity contribution in [1.82, 2.24) is 4.31 Å². The highest BCUT2D eigenvalue weighted by Crippen LogP contribution is 2.55. The second-order valence-electron chi connectivity index (χ2n) is 7.51. The van der Waals surface area contributed by atoms with Crippen LogP contribution in [0.25, 0.3) is 0 Å². The minimum absolute atomic E-state index is 0.101. The summed E-state index contributed by atoms with van der Waals surface area (Å²) in [6.07, 6.45) is -9.01. The van der Waals surface area contributed by atoms with Gasteiger partial charge in [-0.2, -0.15) is 43.8 Å². The molecule has 0 saturated carbocycles. The molecule has 1 unspecified atom stereocenters. The Balaban J connectivity index is 5.53. The predicted octanol–water partition coefficient (Wildman–Crippen LogP) is 3.49. The van der Waals surface area contributed by atoms with E-state index < -0.39 is 72.2 Å². The Morgan fingerprint density at radius 3 is 1.81 bits per heavy atom. The summed E-state index contributed by atoms with van der Waals surface area (Å²) in [4.78, 5) is 0. The van der Waals surface area contributed by atoms with Crippen molar-refractivity contribution >= 4 is 18.8 Å². The van der Waals surface area contributed by atoms with Crippen LogP contribution in [0.2, 0.25) is 6.04 Å². The zero-order valence-electron chi connectivity index (χ0n) is 19.9. The molecule has 218 valence electrons. The molecule has 0 aliphatic rings. The Labute approximate surface area is 204 Å². The Hall–Kier alpha value is -0.703. The number of rotatable bonds is 18. The number of hydrogen-bond acceptors (Lipinski definition) is 7. The third kappa shape index (κ3) is 7.67. The maximum atomic E-state index is 14.2. The molecule has 0 bridgehead atoms. The van der Waals surface area contributed by atoms with Crippen molar-refractivity contribution in [3.63, 3.8) is 0 Å². The summed E-state index contributed by atoms with van der Waals surface area (Å²) in [7, 11) is -5.74. The molecule has 1 atom stereocenters. The van der Waals surface area contributed by atoms with Gasteiger partial charge in [0.25, 0.3) is 10.0 Å². The molecule has 36 heavy (non-hydrogen) atoms. The van der Waals surface area contributed by atoms with Crippen LogP contribution in [0, 0.1) is 0 Å². The van der Waals surface area contributed by atoms with Gasteiger partial charge in [0.2, 0.25) is 0 Å². The third-order valence-electron chi connectivity index (χ3n) is 4.97. The molecule has 0 aromatic rings. The fraction of sp³-hybridized carbons (Fsp3) is 1.00. The first-order chi connectivity index (χ1) is 16.2. The molecule has 0 fully saturated rings. The van der Waals surface area contributed by atoms with Crippen molar-refractivity contribution in [2.45, 2.75) is 61.6 Å². The van der Waals surface area contributed by atoms with Crippen molar-refractivity contribution in [2.75, 3.05) is 47.6 Å². The van der Waals surface area contributed by atoms with Gasteiger partial charge in [-0.15, -0.1) is 0 Å². The quantitative estimate of drug-likeness (QED) is 0.148. The van der Waals surface area contributed by atoms with Gasteiger partial charge in [0.1, 0.15) is 0 Å². The van der Waals surface area contributed by atoms with Gasteiger partial charge in [-0.25, -0.2) is 8.42 Å². The first-order valence-electron chi connectivity index (χ1n) is 10.4. The fourth-order valence-corrected chi connectivity index (χ4v) is 5.99. The van der Waals surface area contributed by atoms with E-state index in [-0.39, 0.29) is 31.9 Å². The summed E-state index contributed by atoms with van der Waals surface area (Å²) in [6, 6.07) is 0.248. The maximum Gasteiger partial charge on any atom is 0.500 e. The van der Waals surface area contributed by atoms with E-state index in [1.54, 1.807) is 0 Å². The van der Waals surface area contributed by atoms with Gasteiger partial charge in [0.05, 0.1) is 12.7 Å². The minimum atomic E-state index is -7.38. The van der Waals surface area contributed by atoms with Crippen LogP contribution < -0.4 is 0 Å². The molecule has 0 aromatic carbocycles. The molecule has 0 aliphatic carbocycles. The van der Waals surface area contributed by atoms with E-state index in [1.165, 1.54) is 28.3 Å². The van der Waals surface area contributed by atoms with Gasteiger partial charge in [-0.1, -0.05) is 13.3 Å². The maximum absolute atomic E-state index is 14.2. The first-order valence-corrected chi connectivity index (χ1v) is 13.7. The largest absolute Gasteiger partial charge is 0.500 e. The van der Waals surface area contributed by atoms with Crippen LogP contribution in [0.3, 0.4) is 0 Å². The molecule has 0 aliphatic heterocycles. The second-order valence-corrected chi connectivity index (χ2v) is 12.6. The monoisotopic (exact) mass is 591 g/mol. The molecule has 0 amide bonds. The standard InChI is InChI=1S/C17H30F9NO7SSi/c1-5-6-8-27(11-13(28)12-34-9-7-10-36(31-2,32-3)33-4)35(29,30)17(25,26)15(20,21)14(18,19)16(22,23)24/h13,28H,5-12H2,1-4H3. The average Bonchev–Trinajstić information content (AvgIpc) is 2.78. The van der Waals surface area contributed by atoms with Crippen LogP contribution in [-0.4, -0.2) is 104 Å². The summed E-state index contributed by atoms with van der Waals surface area (Å²) >= 11 is 0. The van der Waals surface area contributed by atoms with E-state index in [0.29, 0.717) is 0 Å². The number of unbranched alkanes of at least 4 members (excludes halogenated alkanes) is 1. The Kier molecular flexibility index (Phi) is 13.1. The number of aliphatic hydroxyl groups is 1. The van der Waals surface area contributed by atoms with Gasteiger partial charge in [0, 0.05) is 47.1 Å². The van der Waals surface area contributed by atoms with E-state index in [9.17, 15) is 53.0 Å². The van der Waals surface area contributed by atoms with Crippen molar-refractivity contribution in [3.05, 3.63) is 0 Å². The molecule has 0 spiro atoms. The van der Waals surface area contributed by atoms with E-state index in [4.69, 9.17) is 18.0 Å². The lowest BCUT2D eigenvalue weighted by atomic mass is 10.1. The molecule has 0 rings (SSSR count). The van der Waals surface area contributed by atoms with Gasteiger partial charge >= 0.3 is 32.1 Å². The van der Waals surface area contributed by atoms with Gasteiger partial charge in [0.15, 0.2) is 0 Å². The molecular weight excluding hydrogens is 561 g/mol. The van der Waals surface area contributed by atoms with Crippen molar-refractivity contribution in [3.8, 4) is 0 Å². The Morgan fingerprint density at radius 2 is 1.39 bits per heavy atom. The SMILES string of the molecule is CCCCN(CC(O)COCCC[Si](OC)(OC)OC)S(=O)(=O)C(F)(F)C(F)(F)C(F)(F)C(F)(F)F. The number of halogens is 9. The van der Waals surface area contributed by atoms with Crippen LogP contribution in [0.5, 0.6) is 0 Å². The molecule has 0 heterocycles. The van der Waals surface area contributed by atoms with Crippen LogP contribution in [-0.2, 0) is 28.0 Å². The minimum Gasteiger partial charge on any atom is -0.389 e. The zero-order chi connectivity index (χ0) is 28.6. The molecular formula is C17H30F9NO7SSi. The summed E-state index contributed by atoms with van der Waals surface area (Å²) in [5.74, 6) is -14.7. The third-order valence-corrected chi connectivity index (χ3v) is 9.72. The highest BCUT2D eigenvalue weighted by molar-refractivity contribution is 7.90. The summed E-state index contributed by atoms with van der Waals surface area (Å²) < 4.78 is 164. The summed E-state index contributed by atoms with van der Waals surface area (Å²) in [5, 5.41) is 3.11. The number of aliphatic hydroxyl groups excluding tert-OH is 1. The normalized spacial score (nSPS) is 15.5. The molecule has 0 radical (unpaired) electrons. The summed E-state index contributed by atoms with van der Waals surface area (Å²) in [5.41, 5.74) is 0. The Morgan fingerprint density at radius 1 is 0.889 bits per heavy atom. The lowest BCUT2D eigenvalue weighted by Gasteiger charge is -2.36. The zero-order valence-corrected chi connectivity index (χ0v) is 21.7. The van der Waals surface area contributed by atoms with Gasteiger partial charge < -0.3 is 23.1 Å². The van der Waals surface area contributed by atoms with Crippen LogP contribution in [0.15, 0.2) is 0 Å². The molecule has 0 aromatic heterocycles. The van der Waals surface area contributed by atoms with E-state index in [2.05, 4.69) is 0 Å². The first kappa shape index (κ1) is 35.3. The highest BCUT2D eigenvalue weighted by atomic mass is 32.2. The topological polar surface area (TPSA) is 94.5 Å². The number of alkyl halides is 9. The van der Waals surface area contributed by atoms with Gasteiger partial charge in [-0.3, -0.25) is 0 Å². The number of nitrogens with zero attached hydrogens (tertiary/aromatic N) is 1. The average molecular weight is 592 g/mol. The number of sulfonamides is 1.